The van der Waals surface area contributed by atoms with Crippen molar-refractivity contribution in [2.75, 3.05) is 0 Å². The number of hydrogen-bond acceptors (Lipinski definition) is 0. The fourth-order valence-corrected chi connectivity index (χ4v) is 2.45. The lowest BCUT2D eigenvalue weighted by Crippen LogP contribution is -1.85. The standard InChI is InChI=1S/C11H15F.C11H16/c1-2-3-4-5-10-6-8-11(12)9-7-10;1-2-3-5-8-11-9-6-4-7-10-11/h6-9H,2-5H2,1H3;4,6-7,9-10H,2-3,5,8H2,1H3. The highest BCUT2D eigenvalue weighted by Gasteiger charge is 1.93. The van der Waals surface area contributed by atoms with Crippen LogP contribution in [-0.2, 0) is 12.8 Å². The predicted molar refractivity (Wildman–Crippen MR) is 99.3 cm³/mol. The van der Waals surface area contributed by atoms with Crippen molar-refractivity contribution in [3.8, 4) is 0 Å². The lowest BCUT2D eigenvalue weighted by Gasteiger charge is -1.99. The lowest BCUT2D eigenvalue weighted by atomic mass is 10.1. The molecular weight excluding hydrogens is 283 g/mol. The van der Waals surface area contributed by atoms with Crippen LogP contribution in [0.25, 0.3) is 0 Å². The van der Waals surface area contributed by atoms with Crippen LogP contribution in [0.3, 0.4) is 0 Å². The molecule has 0 nitrogen and oxygen atoms in total. The first-order valence-corrected chi connectivity index (χ1v) is 9.04. The van der Waals surface area contributed by atoms with Gasteiger partial charge in [-0.15, -0.1) is 0 Å². The van der Waals surface area contributed by atoms with Crippen LogP contribution in [0.1, 0.15) is 63.5 Å². The van der Waals surface area contributed by atoms with Gasteiger partial charge < -0.3 is 0 Å². The molecule has 2 aromatic carbocycles. The van der Waals surface area contributed by atoms with E-state index in [1.165, 1.54) is 68.2 Å². The van der Waals surface area contributed by atoms with Crippen molar-refractivity contribution in [3.05, 3.63) is 71.5 Å². The Bertz CT molecular complexity index is 487. The number of benzene rings is 2. The summed E-state index contributed by atoms with van der Waals surface area (Å²) in [7, 11) is 0. The van der Waals surface area contributed by atoms with Crippen LogP contribution in [0.2, 0.25) is 0 Å². The van der Waals surface area contributed by atoms with Crippen LogP contribution in [0.5, 0.6) is 0 Å². The Morgan fingerprint density at radius 2 is 1.09 bits per heavy atom. The van der Waals surface area contributed by atoms with E-state index in [9.17, 15) is 4.39 Å². The van der Waals surface area contributed by atoms with Crippen LogP contribution in [0, 0.1) is 5.82 Å². The number of halogens is 1. The van der Waals surface area contributed by atoms with E-state index in [0.717, 1.165) is 6.42 Å². The molecule has 0 radical (unpaired) electrons. The van der Waals surface area contributed by atoms with Gasteiger partial charge in [-0.2, -0.15) is 0 Å². The van der Waals surface area contributed by atoms with Gasteiger partial charge in [0.25, 0.3) is 0 Å². The summed E-state index contributed by atoms with van der Waals surface area (Å²) in [6.07, 6.45) is 10.0. The van der Waals surface area contributed by atoms with Crippen molar-refractivity contribution in [2.24, 2.45) is 0 Å². The molecule has 2 aromatic rings. The fraction of sp³-hybridized carbons (Fsp3) is 0.455. The largest absolute Gasteiger partial charge is 0.207 e. The molecule has 0 spiro atoms. The van der Waals surface area contributed by atoms with Crippen molar-refractivity contribution < 1.29 is 4.39 Å². The quantitative estimate of drug-likeness (QED) is 0.461. The molecule has 126 valence electrons. The Labute approximate surface area is 141 Å². The number of rotatable bonds is 8. The summed E-state index contributed by atoms with van der Waals surface area (Å²) in [5.41, 5.74) is 2.71. The Kier molecular flexibility index (Phi) is 10.9. The Morgan fingerprint density at radius 3 is 1.57 bits per heavy atom. The molecule has 23 heavy (non-hydrogen) atoms. The maximum absolute atomic E-state index is 12.5. The molecule has 0 N–H and O–H groups in total. The zero-order valence-electron chi connectivity index (χ0n) is 14.7. The van der Waals surface area contributed by atoms with Crippen LogP contribution in [0.4, 0.5) is 4.39 Å². The molecule has 0 aliphatic rings. The molecule has 0 saturated carbocycles. The van der Waals surface area contributed by atoms with Crippen molar-refractivity contribution in [1.29, 1.82) is 0 Å². The maximum Gasteiger partial charge on any atom is 0.123 e. The molecule has 2 rings (SSSR count). The average Bonchev–Trinajstić information content (AvgIpc) is 2.59. The second kappa shape index (κ2) is 12.9. The highest BCUT2D eigenvalue weighted by Crippen LogP contribution is 2.07. The third-order valence-corrected chi connectivity index (χ3v) is 3.89. The topological polar surface area (TPSA) is 0 Å². The molecule has 0 aliphatic carbocycles. The first-order chi connectivity index (χ1) is 11.3. The van der Waals surface area contributed by atoms with Crippen LogP contribution in [0.15, 0.2) is 54.6 Å². The molecule has 0 aliphatic heterocycles. The number of aryl methyl sites for hydroxylation is 2. The lowest BCUT2D eigenvalue weighted by molar-refractivity contribution is 0.626. The molecule has 0 heterocycles. The second-order valence-electron chi connectivity index (χ2n) is 6.03. The molecule has 1 heteroatoms. The van der Waals surface area contributed by atoms with E-state index >= 15 is 0 Å². The summed E-state index contributed by atoms with van der Waals surface area (Å²) in [5.74, 6) is -0.144. The zero-order chi connectivity index (χ0) is 16.8. The molecule has 0 aromatic heterocycles. The van der Waals surface area contributed by atoms with Gasteiger partial charge in [-0.3, -0.25) is 0 Å². The van der Waals surface area contributed by atoms with Crippen LogP contribution < -0.4 is 0 Å². The smallest absolute Gasteiger partial charge is 0.123 e. The minimum Gasteiger partial charge on any atom is -0.207 e. The minimum atomic E-state index is -0.144. The van der Waals surface area contributed by atoms with E-state index in [4.69, 9.17) is 0 Å². The van der Waals surface area contributed by atoms with E-state index in [1.807, 2.05) is 12.1 Å². The van der Waals surface area contributed by atoms with Crippen molar-refractivity contribution in [1.82, 2.24) is 0 Å². The minimum absolute atomic E-state index is 0.144. The summed E-state index contributed by atoms with van der Waals surface area (Å²) >= 11 is 0. The summed E-state index contributed by atoms with van der Waals surface area (Å²) in [5, 5.41) is 0. The third kappa shape index (κ3) is 9.89. The Morgan fingerprint density at radius 1 is 0.609 bits per heavy atom. The SMILES string of the molecule is CCCCCc1ccc(F)cc1.CCCCCc1ccccc1. The molecule has 0 fully saturated rings. The van der Waals surface area contributed by atoms with Crippen molar-refractivity contribution in [3.63, 3.8) is 0 Å². The monoisotopic (exact) mass is 314 g/mol. The normalized spacial score (nSPS) is 10.0. The van der Waals surface area contributed by atoms with Gasteiger partial charge in [-0.1, -0.05) is 82.0 Å². The van der Waals surface area contributed by atoms with E-state index < -0.39 is 0 Å². The van der Waals surface area contributed by atoms with Crippen molar-refractivity contribution >= 4 is 0 Å². The highest BCUT2D eigenvalue weighted by molar-refractivity contribution is 5.16. The molecule has 0 amide bonds. The average molecular weight is 314 g/mol. The van der Waals surface area contributed by atoms with Gasteiger partial charge in [0.05, 0.1) is 0 Å². The maximum atomic E-state index is 12.5. The molecule has 0 saturated heterocycles. The summed E-state index contributed by atoms with van der Waals surface area (Å²) in [6.45, 7) is 4.43. The van der Waals surface area contributed by atoms with Crippen LogP contribution >= 0.6 is 0 Å². The van der Waals surface area contributed by atoms with Gasteiger partial charge in [-0.05, 0) is 48.9 Å². The first-order valence-electron chi connectivity index (χ1n) is 9.04. The molecule has 0 unspecified atom stereocenters. The molecule has 0 atom stereocenters. The summed E-state index contributed by atoms with van der Waals surface area (Å²) in [6, 6.07) is 17.5. The number of unbranched alkanes of at least 4 members (excludes halogenated alkanes) is 4. The van der Waals surface area contributed by atoms with Gasteiger partial charge in [0.15, 0.2) is 0 Å². The van der Waals surface area contributed by atoms with E-state index in [2.05, 4.69) is 44.2 Å². The van der Waals surface area contributed by atoms with E-state index in [-0.39, 0.29) is 5.82 Å². The third-order valence-electron chi connectivity index (χ3n) is 3.89. The van der Waals surface area contributed by atoms with Gasteiger partial charge >= 0.3 is 0 Å². The predicted octanol–water partition coefficient (Wildman–Crippen LogP) is 6.98. The van der Waals surface area contributed by atoms with E-state index in [0.29, 0.717) is 0 Å². The van der Waals surface area contributed by atoms with E-state index in [1.54, 1.807) is 0 Å². The summed E-state index contributed by atoms with van der Waals surface area (Å²) in [4.78, 5) is 0. The first kappa shape index (κ1) is 19.4. The van der Waals surface area contributed by atoms with Crippen molar-refractivity contribution in [2.45, 2.75) is 65.2 Å². The summed E-state index contributed by atoms with van der Waals surface area (Å²) < 4.78 is 12.5. The zero-order valence-corrected chi connectivity index (χ0v) is 14.7. The molecular formula is C22H31F. The van der Waals surface area contributed by atoms with Crippen LogP contribution in [-0.4, -0.2) is 0 Å². The van der Waals surface area contributed by atoms with Gasteiger partial charge in [0.1, 0.15) is 5.82 Å². The highest BCUT2D eigenvalue weighted by atomic mass is 19.1. The Balaban J connectivity index is 0.000000231. The molecule has 0 bridgehead atoms. The second-order valence-corrected chi connectivity index (χ2v) is 6.03. The fourth-order valence-electron chi connectivity index (χ4n) is 2.45. The Hall–Kier alpha value is -1.63. The van der Waals surface area contributed by atoms with Gasteiger partial charge in [0.2, 0.25) is 0 Å². The van der Waals surface area contributed by atoms with Gasteiger partial charge in [-0.25, -0.2) is 4.39 Å². The van der Waals surface area contributed by atoms with Gasteiger partial charge in [0, 0.05) is 0 Å². The number of hydrogen-bond donors (Lipinski definition) is 0.